The Morgan fingerprint density at radius 3 is 2.13 bits per heavy atom. The van der Waals surface area contributed by atoms with E-state index < -0.39 is 31.4 Å². The SMILES string of the molecule is CC1(C)C(C=C/C=C2/N(CCS(=O)(=O)[O-])c3ccccc3C2(C)C)=C(CCS(=O)(=O)O)c2ccccc21.[K+]. The maximum absolute atomic E-state index is 11.5. The quantitative estimate of drug-likeness (QED) is 0.374. The predicted molar refractivity (Wildman–Crippen MR) is 146 cm³/mol. The first kappa shape index (κ1) is 31.4. The molecule has 7 nitrogen and oxygen atoms in total. The molecule has 0 spiro atoms. The van der Waals surface area contributed by atoms with Crippen molar-refractivity contribution in [1.82, 2.24) is 0 Å². The third-order valence-corrected chi connectivity index (χ3v) is 8.82. The molecule has 2 aliphatic rings. The van der Waals surface area contributed by atoms with Crippen molar-refractivity contribution >= 4 is 31.5 Å². The summed E-state index contributed by atoms with van der Waals surface area (Å²) in [7, 11) is -8.53. The van der Waals surface area contributed by atoms with Crippen molar-refractivity contribution in [2.45, 2.75) is 44.9 Å². The van der Waals surface area contributed by atoms with E-state index in [-0.39, 0.29) is 75.5 Å². The van der Waals surface area contributed by atoms with Crippen molar-refractivity contribution in [1.29, 1.82) is 0 Å². The molecule has 0 atom stereocenters. The Kier molecular flexibility index (Phi) is 9.45. The molecule has 0 radical (unpaired) electrons. The predicted octanol–water partition coefficient (Wildman–Crippen LogP) is 1.80. The molecule has 0 fully saturated rings. The molecule has 0 unspecified atom stereocenters. The second-order valence-electron chi connectivity index (χ2n) is 10.6. The molecule has 10 heteroatoms. The maximum atomic E-state index is 11.5. The summed E-state index contributed by atoms with van der Waals surface area (Å²) < 4.78 is 66.7. The van der Waals surface area contributed by atoms with Gasteiger partial charge in [0.2, 0.25) is 0 Å². The van der Waals surface area contributed by atoms with E-state index in [9.17, 15) is 25.9 Å². The van der Waals surface area contributed by atoms with Crippen molar-refractivity contribution in [3.05, 3.63) is 94.7 Å². The molecule has 0 amide bonds. The summed E-state index contributed by atoms with van der Waals surface area (Å²) in [5.41, 5.74) is 5.85. The van der Waals surface area contributed by atoms with Crippen LogP contribution in [0.2, 0.25) is 0 Å². The molecule has 0 saturated carbocycles. The summed E-state index contributed by atoms with van der Waals surface area (Å²) in [6, 6.07) is 15.6. The van der Waals surface area contributed by atoms with Crippen LogP contribution in [-0.2, 0) is 31.1 Å². The van der Waals surface area contributed by atoms with Crippen LogP contribution < -0.4 is 56.3 Å². The van der Waals surface area contributed by atoms with Crippen molar-refractivity contribution in [3.63, 3.8) is 0 Å². The van der Waals surface area contributed by atoms with Gasteiger partial charge in [-0.1, -0.05) is 82.3 Å². The second kappa shape index (κ2) is 11.4. The van der Waals surface area contributed by atoms with Gasteiger partial charge in [-0.15, -0.1) is 0 Å². The van der Waals surface area contributed by atoms with E-state index in [1.165, 1.54) is 0 Å². The molecule has 2 aromatic rings. The van der Waals surface area contributed by atoms with E-state index >= 15 is 0 Å². The Labute approximate surface area is 268 Å². The molecule has 0 saturated heterocycles. The summed E-state index contributed by atoms with van der Waals surface area (Å²) in [5.74, 6) is -0.878. The van der Waals surface area contributed by atoms with Crippen LogP contribution in [0.15, 0.2) is 78.0 Å². The summed E-state index contributed by atoms with van der Waals surface area (Å²) in [4.78, 5) is 1.89. The van der Waals surface area contributed by atoms with Crippen molar-refractivity contribution in [3.8, 4) is 0 Å². The molecule has 1 heterocycles. The molecule has 0 bridgehead atoms. The Morgan fingerprint density at radius 1 is 0.895 bits per heavy atom. The summed E-state index contributed by atoms with van der Waals surface area (Å²) in [6.45, 7) is 8.33. The van der Waals surface area contributed by atoms with Gasteiger partial charge in [0.1, 0.15) is 0 Å². The van der Waals surface area contributed by atoms with E-state index in [2.05, 4.69) is 27.7 Å². The normalized spacial score (nSPS) is 19.1. The molecule has 1 aliphatic heterocycles. The van der Waals surface area contributed by atoms with Crippen LogP contribution >= 0.6 is 0 Å². The topological polar surface area (TPSA) is 115 Å². The molecule has 1 N–H and O–H groups in total. The first-order valence-electron chi connectivity index (χ1n) is 12.1. The molecular weight excluding hydrogens is 550 g/mol. The average molecular weight is 582 g/mol. The van der Waals surface area contributed by atoms with Gasteiger partial charge in [0.05, 0.1) is 21.6 Å². The van der Waals surface area contributed by atoms with Gasteiger partial charge in [0, 0.05) is 28.8 Å². The number of hydrogen-bond acceptors (Lipinski definition) is 6. The third kappa shape index (κ3) is 6.45. The zero-order valence-corrected chi connectivity index (χ0v) is 27.2. The average Bonchev–Trinajstić information content (AvgIpc) is 3.15. The van der Waals surface area contributed by atoms with E-state index in [1.54, 1.807) is 0 Å². The van der Waals surface area contributed by atoms with Gasteiger partial charge in [0.15, 0.2) is 0 Å². The van der Waals surface area contributed by atoms with Crippen LogP contribution in [0, 0.1) is 0 Å². The van der Waals surface area contributed by atoms with Crippen molar-refractivity contribution in [2.24, 2.45) is 0 Å². The van der Waals surface area contributed by atoms with Crippen LogP contribution in [0.1, 0.15) is 50.8 Å². The van der Waals surface area contributed by atoms with E-state index in [1.807, 2.05) is 71.7 Å². The number of hydrogen-bond donors (Lipinski definition) is 1. The Morgan fingerprint density at radius 2 is 1.50 bits per heavy atom. The molecule has 198 valence electrons. The minimum absolute atomic E-state index is 0. The fraction of sp³-hybridized carbons (Fsp3) is 0.357. The van der Waals surface area contributed by atoms with Gasteiger partial charge in [0.25, 0.3) is 10.1 Å². The fourth-order valence-corrected chi connectivity index (χ4v) is 6.46. The van der Waals surface area contributed by atoms with E-state index in [0.29, 0.717) is 0 Å². The molecular formula is C28H32KNO6S2. The minimum Gasteiger partial charge on any atom is -0.748 e. The first-order valence-corrected chi connectivity index (χ1v) is 15.3. The Balaban J connectivity index is 0.00000400. The van der Waals surface area contributed by atoms with Crippen LogP contribution in [0.25, 0.3) is 5.57 Å². The third-order valence-electron chi connectivity index (χ3n) is 7.42. The van der Waals surface area contributed by atoms with Gasteiger partial charge in [-0.3, -0.25) is 4.55 Å². The number of benzene rings is 2. The van der Waals surface area contributed by atoms with E-state index in [0.717, 1.165) is 39.2 Å². The smallest absolute Gasteiger partial charge is 0.748 e. The minimum atomic E-state index is -4.39. The zero-order valence-electron chi connectivity index (χ0n) is 22.4. The molecule has 0 aromatic heterocycles. The summed E-state index contributed by atoms with van der Waals surface area (Å²) in [5, 5.41) is 0. The number of para-hydroxylation sites is 1. The Bertz CT molecular complexity index is 1540. The largest absolute Gasteiger partial charge is 1.00 e. The van der Waals surface area contributed by atoms with Crippen LogP contribution in [-0.4, -0.2) is 44.0 Å². The maximum Gasteiger partial charge on any atom is 1.00 e. The first-order chi connectivity index (χ1) is 17.1. The molecule has 38 heavy (non-hydrogen) atoms. The van der Waals surface area contributed by atoms with Crippen LogP contribution in [0.3, 0.4) is 0 Å². The molecule has 1 aliphatic carbocycles. The number of rotatable bonds is 8. The molecule has 4 rings (SSSR count). The van der Waals surface area contributed by atoms with Gasteiger partial charge in [-0.05, 0) is 46.4 Å². The monoisotopic (exact) mass is 581 g/mol. The standard InChI is InChI=1S/C28H33NO6S2.K/c1-27(2)22-11-6-5-10-20(22)21(16-18-36(30,31)32)23(27)13-9-15-26-28(3,4)24-12-7-8-14-25(24)29(26)17-19-37(33,34)35;/h5-15H,16-19H2,1-4H3,(H,30,31,32)(H,33,34,35);/q;+1/p-1/b13-9?,26-15+;. The van der Waals surface area contributed by atoms with Crippen molar-refractivity contribution in [2.75, 3.05) is 23.0 Å². The summed E-state index contributed by atoms with van der Waals surface area (Å²) >= 11 is 0. The molecule has 2 aromatic carbocycles. The van der Waals surface area contributed by atoms with Crippen LogP contribution in [0.4, 0.5) is 5.69 Å². The fourth-order valence-electron chi connectivity index (χ4n) is 5.59. The van der Waals surface area contributed by atoms with E-state index in [4.69, 9.17) is 0 Å². The van der Waals surface area contributed by atoms with Gasteiger partial charge in [-0.2, -0.15) is 8.42 Å². The van der Waals surface area contributed by atoms with Crippen molar-refractivity contribution < 1.29 is 77.3 Å². The number of anilines is 1. The Hall–Kier alpha value is -1.08. The van der Waals surface area contributed by atoms with Gasteiger partial charge in [-0.25, -0.2) is 8.42 Å². The number of fused-ring (bicyclic) bond motifs is 2. The van der Waals surface area contributed by atoms with Gasteiger partial charge >= 0.3 is 51.4 Å². The second-order valence-corrected chi connectivity index (χ2v) is 13.7. The number of allylic oxidation sites excluding steroid dienone is 6. The zero-order chi connectivity index (χ0) is 27.2. The summed E-state index contributed by atoms with van der Waals surface area (Å²) in [6.07, 6.45) is 5.98. The number of nitrogens with zero attached hydrogens (tertiary/aromatic N) is 1. The van der Waals surface area contributed by atoms with Crippen LogP contribution in [0.5, 0.6) is 0 Å². The van der Waals surface area contributed by atoms with Gasteiger partial charge < -0.3 is 9.45 Å².